The molecule has 1 saturated heterocycles. The van der Waals surface area contributed by atoms with Crippen molar-refractivity contribution >= 4 is 12.1 Å². The molecule has 0 bridgehead atoms. The number of aliphatic hydroxyl groups is 1. The van der Waals surface area contributed by atoms with Crippen molar-refractivity contribution in [1.29, 1.82) is 0 Å². The predicted molar refractivity (Wildman–Crippen MR) is 153 cm³/mol. The van der Waals surface area contributed by atoms with Crippen LogP contribution in [0.5, 0.6) is 0 Å². The Morgan fingerprint density at radius 2 is 1.95 bits per heavy atom. The van der Waals surface area contributed by atoms with Gasteiger partial charge in [0.05, 0.1) is 6.61 Å². The molecule has 0 spiro atoms. The Kier molecular flexibility index (Phi) is 10.2. The number of nitrogens with one attached hydrogen (secondary N) is 1. The minimum atomic E-state index is -0.438. The molecule has 0 aliphatic carbocycles. The average Bonchev–Trinajstić information content (AvgIpc) is 2.89. The number of amides is 1. The molecule has 1 unspecified atom stereocenters. The summed E-state index contributed by atoms with van der Waals surface area (Å²) in [6, 6.07) is 8.10. The van der Waals surface area contributed by atoms with Crippen molar-refractivity contribution < 1.29 is 9.90 Å². The predicted octanol–water partition coefficient (Wildman–Crippen LogP) is 3.39. The van der Waals surface area contributed by atoms with Crippen molar-refractivity contribution in [1.82, 2.24) is 15.1 Å². The van der Waals surface area contributed by atoms with Gasteiger partial charge in [-0.25, -0.2) is 0 Å². The Balaban J connectivity index is 1.64. The molecule has 1 aromatic carbocycles. The van der Waals surface area contributed by atoms with Gasteiger partial charge >= 0.3 is 0 Å². The molecule has 1 fully saturated rings. The largest absolute Gasteiger partial charge is 0.394 e. The molecule has 1 aromatic rings. The second kappa shape index (κ2) is 13.3. The molecule has 7 nitrogen and oxygen atoms in total. The van der Waals surface area contributed by atoms with E-state index >= 15 is 0 Å². The van der Waals surface area contributed by atoms with Crippen LogP contribution in [0, 0.1) is 0 Å². The number of benzene rings is 1. The van der Waals surface area contributed by atoms with E-state index in [1.807, 2.05) is 31.5 Å². The molecule has 0 radical (unpaired) electrons. The van der Waals surface area contributed by atoms with Gasteiger partial charge in [0.1, 0.15) is 6.17 Å². The number of carbonyl (C=O) groups is 1. The molecule has 7 heteroatoms. The highest BCUT2D eigenvalue weighted by molar-refractivity contribution is 5.93. The summed E-state index contributed by atoms with van der Waals surface area (Å²) in [6.07, 6.45) is 11.2. The normalized spacial score (nSPS) is 20.6. The molecule has 198 valence electrons. The molecule has 1 amide bonds. The number of piperidine rings is 1. The number of nitrogens with two attached hydrogens (primary N) is 1. The maximum Gasteiger partial charge on any atom is 0.253 e. The summed E-state index contributed by atoms with van der Waals surface area (Å²) in [5.41, 5.74) is 12.5. The number of aliphatic hydroxyl groups excluding tert-OH is 1. The molecule has 3 rings (SSSR count). The van der Waals surface area contributed by atoms with Gasteiger partial charge in [0.15, 0.2) is 0 Å². The first-order chi connectivity index (χ1) is 17.7. The zero-order chi connectivity index (χ0) is 26.9. The molecule has 0 aromatic heterocycles. The maximum atomic E-state index is 12.2. The van der Waals surface area contributed by atoms with E-state index in [4.69, 9.17) is 5.73 Å². The summed E-state index contributed by atoms with van der Waals surface area (Å²) in [7, 11) is 5.40. The molecule has 4 N–H and O–H groups in total. The second-order valence-electron chi connectivity index (χ2n) is 9.96. The van der Waals surface area contributed by atoms with Gasteiger partial charge in [0.25, 0.3) is 5.91 Å². The van der Waals surface area contributed by atoms with Crippen LogP contribution >= 0.6 is 0 Å². The SMILES string of the molecule is C=C(/C=C(\C)CN1CCC(c2ccc(C(=O)N(C)C)cc2)CC1)C(/C=C\NC)=C1/C=NC(N)C=C1CO. The smallest absolute Gasteiger partial charge is 0.253 e. The lowest BCUT2D eigenvalue weighted by molar-refractivity contribution is 0.0827. The van der Waals surface area contributed by atoms with Gasteiger partial charge in [-0.3, -0.25) is 14.7 Å². The van der Waals surface area contributed by atoms with E-state index in [0.29, 0.717) is 5.92 Å². The number of hydrogen-bond acceptors (Lipinski definition) is 6. The van der Waals surface area contributed by atoms with Crippen LogP contribution in [-0.4, -0.2) is 80.6 Å². The van der Waals surface area contributed by atoms with E-state index in [2.05, 4.69) is 46.9 Å². The number of hydrogen-bond donors (Lipinski definition) is 3. The van der Waals surface area contributed by atoms with Gasteiger partial charge in [-0.15, -0.1) is 0 Å². The lowest BCUT2D eigenvalue weighted by Crippen LogP contribution is -2.34. The van der Waals surface area contributed by atoms with Gasteiger partial charge in [-0.05, 0) is 91.5 Å². The highest BCUT2D eigenvalue weighted by atomic mass is 16.3. The van der Waals surface area contributed by atoms with Gasteiger partial charge < -0.3 is 21.1 Å². The summed E-state index contributed by atoms with van der Waals surface area (Å²) in [6.45, 7) is 9.28. The molecule has 2 aliphatic rings. The van der Waals surface area contributed by atoms with E-state index in [0.717, 1.165) is 60.3 Å². The number of rotatable bonds is 9. The summed E-state index contributed by atoms with van der Waals surface area (Å²) in [4.78, 5) is 20.6. The molecule has 2 heterocycles. The maximum absolute atomic E-state index is 12.2. The second-order valence-corrected chi connectivity index (χ2v) is 9.96. The first-order valence-corrected chi connectivity index (χ1v) is 12.8. The summed E-state index contributed by atoms with van der Waals surface area (Å²) < 4.78 is 0. The number of carbonyl (C=O) groups excluding carboxylic acids is 1. The Bertz CT molecular complexity index is 1120. The van der Waals surface area contributed by atoms with Gasteiger partial charge in [-0.1, -0.05) is 30.4 Å². The summed E-state index contributed by atoms with van der Waals surface area (Å²) >= 11 is 0. The Labute approximate surface area is 221 Å². The van der Waals surface area contributed by atoms with Crippen LogP contribution < -0.4 is 11.1 Å². The number of dihydropyridines is 1. The molecule has 1 atom stereocenters. The fraction of sp³-hybridized carbons (Fsp3) is 0.400. The van der Waals surface area contributed by atoms with Gasteiger partial charge in [0, 0.05) is 45.0 Å². The fourth-order valence-corrected chi connectivity index (χ4v) is 4.85. The minimum Gasteiger partial charge on any atom is -0.394 e. The van der Waals surface area contributed by atoms with Crippen LogP contribution in [-0.2, 0) is 0 Å². The number of nitrogens with zero attached hydrogens (tertiary/aromatic N) is 3. The molecule has 2 aliphatic heterocycles. The zero-order valence-corrected chi connectivity index (χ0v) is 22.6. The number of allylic oxidation sites excluding steroid dienone is 4. The van der Waals surface area contributed by atoms with Crippen molar-refractivity contribution in [3.63, 3.8) is 0 Å². The van der Waals surface area contributed by atoms with Crippen molar-refractivity contribution in [3.05, 3.63) is 94.3 Å². The van der Waals surface area contributed by atoms with E-state index in [1.165, 1.54) is 11.1 Å². The zero-order valence-electron chi connectivity index (χ0n) is 22.6. The summed E-state index contributed by atoms with van der Waals surface area (Å²) in [5, 5.41) is 12.9. The highest BCUT2D eigenvalue weighted by Crippen LogP contribution is 2.29. The quantitative estimate of drug-likeness (QED) is 0.449. The lowest BCUT2D eigenvalue weighted by atomic mass is 9.88. The Hall–Kier alpha value is -3.26. The monoisotopic (exact) mass is 503 g/mol. The molecular weight excluding hydrogens is 462 g/mol. The third kappa shape index (κ3) is 7.61. The van der Waals surface area contributed by atoms with Crippen LogP contribution in [0.25, 0.3) is 0 Å². The Morgan fingerprint density at radius 1 is 1.27 bits per heavy atom. The number of aliphatic imine (C=N–C) groups is 1. The van der Waals surface area contributed by atoms with Crippen LogP contribution in [0.1, 0.15) is 41.6 Å². The van der Waals surface area contributed by atoms with Crippen molar-refractivity contribution in [2.75, 3.05) is 47.4 Å². The topological polar surface area (TPSA) is 94.2 Å². The van der Waals surface area contributed by atoms with Gasteiger partial charge in [0.2, 0.25) is 0 Å². The van der Waals surface area contributed by atoms with E-state index < -0.39 is 6.17 Å². The van der Waals surface area contributed by atoms with Crippen molar-refractivity contribution in [3.8, 4) is 0 Å². The lowest BCUT2D eigenvalue weighted by Gasteiger charge is -2.32. The van der Waals surface area contributed by atoms with Crippen LogP contribution in [0.2, 0.25) is 0 Å². The Morgan fingerprint density at radius 3 is 2.54 bits per heavy atom. The van der Waals surface area contributed by atoms with E-state index in [9.17, 15) is 9.90 Å². The fourth-order valence-electron chi connectivity index (χ4n) is 4.85. The molecular formula is C30H41N5O2. The number of likely N-dealkylation sites (tertiary alicyclic amines) is 1. The third-order valence-electron chi connectivity index (χ3n) is 6.83. The van der Waals surface area contributed by atoms with E-state index in [1.54, 1.807) is 31.3 Å². The third-order valence-corrected chi connectivity index (χ3v) is 6.83. The van der Waals surface area contributed by atoms with Crippen LogP contribution in [0.4, 0.5) is 0 Å². The van der Waals surface area contributed by atoms with Gasteiger partial charge in [-0.2, -0.15) is 0 Å². The van der Waals surface area contributed by atoms with Crippen molar-refractivity contribution in [2.24, 2.45) is 10.7 Å². The first kappa shape index (κ1) is 28.3. The van der Waals surface area contributed by atoms with Crippen LogP contribution in [0.15, 0.2) is 88.1 Å². The first-order valence-electron chi connectivity index (χ1n) is 12.8. The molecule has 0 saturated carbocycles. The standard InChI is InChI=1S/C30H41N5O2/c1-21(16-22(2)27(10-13-32-3)28-18-33-29(31)17-26(28)20-36)19-35-14-11-24(12-15-35)23-6-8-25(9-7-23)30(37)34(4)5/h6-10,13,16-18,24,29,32,36H,2,11-12,14-15,19-20,31H2,1,3-5H3/b13-10-,21-16+,28-27-. The average molecular weight is 504 g/mol. The molecule has 37 heavy (non-hydrogen) atoms. The van der Waals surface area contributed by atoms with Crippen LogP contribution in [0.3, 0.4) is 0 Å². The highest BCUT2D eigenvalue weighted by Gasteiger charge is 2.21. The van der Waals surface area contributed by atoms with E-state index in [-0.39, 0.29) is 12.5 Å². The van der Waals surface area contributed by atoms with Crippen molar-refractivity contribution in [2.45, 2.75) is 31.8 Å². The summed E-state index contributed by atoms with van der Waals surface area (Å²) in [5.74, 6) is 0.552. The minimum absolute atomic E-state index is 0.0356.